The number of hydrogen-bond acceptors (Lipinski definition) is 1. The molecule has 0 bridgehead atoms. The molecule has 2 fully saturated rings. The van der Waals surface area contributed by atoms with E-state index in [4.69, 9.17) is 0 Å². The van der Waals surface area contributed by atoms with Crippen molar-refractivity contribution in [1.29, 1.82) is 0 Å². The molecule has 0 spiro atoms. The molecule has 0 amide bonds. The molecular weight excluding hydrogens is 220 g/mol. The fourth-order valence-electron chi connectivity index (χ4n) is 4.97. The molecule has 0 saturated heterocycles. The fourth-order valence-corrected chi connectivity index (χ4v) is 4.97. The summed E-state index contributed by atoms with van der Waals surface area (Å²) in [4.78, 5) is 12.4. The van der Waals surface area contributed by atoms with Crippen LogP contribution in [-0.4, -0.2) is 5.78 Å². The van der Waals surface area contributed by atoms with E-state index < -0.39 is 0 Å². The number of ketones is 1. The minimum absolute atomic E-state index is 0.303. The SMILES string of the molecule is CC1(C)C=CC2C3C(=O)CCC(C)(C)C3CCC21. The Hall–Kier alpha value is -0.590. The summed E-state index contributed by atoms with van der Waals surface area (Å²) in [6.07, 6.45) is 9.22. The van der Waals surface area contributed by atoms with Crippen molar-refractivity contribution in [1.82, 2.24) is 0 Å². The third-order valence-electron chi connectivity index (χ3n) is 6.20. The maximum Gasteiger partial charge on any atom is 0.136 e. The summed E-state index contributed by atoms with van der Waals surface area (Å²) in [6.45, 7) is 9.43. The molecule has 4 atom stereocenters. The van der Waals surface area contributed by atoms with Gasteiger partial charge in [0, 0.05) is 12.3 Å². The molecular formula is C17H26O. The van der Waals surface area contributed by atoms with Gasteiger partial charge in [-0.15, -0.1) is 0 Å². The summed E-state index contributed by atoms with van der Waals surface area (Å²) < 4.78 is 0. The smallest absolute Gasteiger partial charge is 0.136 e. The van der Waals surface area contributed by atoms with Crippen LogP contribution in [0.15, 0.2) is 12.2 Å². The standard InChI is InChI=1S/C17H26O/c1-16(2)9-7-11-12(16)5-6-13-15(11)14(18)8-10-17(13,3)4/h7,9,11-13,15H,5-6,8,10H2,1-4H3. The van der Waals surface area contributed by atoms with Crippen molar-refractivity contribution >= 4 is 5.78 Å². The first kappa shape index (κ1) is 12.4. The van der Waals surface area contributed by atoms with Gasteiger partial charge in [-0.3, -0.25) is 4.79 Å². The van der Waals surface area contributed by atoms with Crippen molar-refractivity contribution in [2.24, 2.45) is 34.5 Å². The Morgan fingerprint density at radius 3 is 2.50 bits per heavy atom. The van der Waals surface area contributed by atoms with E-state index in [9.17, 15) is 4.79 Å². The average molecular weight is 246 g/mol. The number of allylic oxidation sites excluding steroid dienone is 2. The van der Waals surface area contributed by atoms with Gasteiger partial charge >= 0.3 is 0 Å². The van der Waals surface area contributed by atoms with Crippen LogP contribution < -0.4 is 0 Å². The van der Waals surface area contributed by atoms with Crippen LogP contribution in [-0.2, 0) is 4.79 Å². The largest absolute Gasteiger partial charge is 0.299 e. The number of Topliss-reactive ketones (excluding diaryl/α,β-unsaturated/α-hetero) is 1. The molecule has 3 aliphatic carbocycles. The molecule has 100 valence electrons. The van der Waals surface area contributed by atoms with Gasteiger partial charge in [0.2, 0.25) is 0 Å². The third-order valence-corrected chi connectivity index (χ3v) is 6.20. The molecule has 1 nitrogen and oxygen atoms in total. The fraction of sp³-hybridized carbons (Fsp3) is 0.824. The zero-order valence-electron chi connectivity index (χ0n) is 12.2. The second-order valence-electron chi connectivity index (χ2n) is 8.03. The predicted octanol–water partition coefficient (Wildman–Crippen LogP) is 4.23. The minimum atomic E-state index is 0.303. The first-order chi connectivity index (χ1) is 8.33. The Kier molecular flexibility index (Phi) is 2.56. The molecule has 1 heteroatoms. The third kappa shape index (κ3) is 1.62. The monoisotopic (exact) mass is 246 g/mol. The van der Waals surface area contributed by atoms with E-state index >= 15 is 0 Å². The Morgan fingerprint density at radius 2 is 1.78 bits per heavy atom. The lowest BCUT2D eigenvalue weighted by Crippen LogP contribution is -2.49. The maximum atomic E-state index is 12.4. The van der Waals surface area contributed by atoms with Crippen LogP contribution in [0, 0.1) is 34.5 Å². The van der Waals surface area contributed by atoms with Gasteiger partial charge in [0.1, 0.15) is 5.78 Å². The first-order valence-corrected chi connectivity index (χ1v) is 7.55. The van der Waals surface area contributed by atoms with E-state index in [1.54, 1.807) is 0 Å². The van der Waals surface area contributed by atoms with Crippen LogP contribution in [0.5, 0.6) is 0 Å². The van der Waals surface area contributed by atoms with Crippen molar-refractivity contribution in [3.63, 3.8) is 0 Å². The van der Waals surface area contributed by atoms with Crippen molar-refractivity contribution in [2.45, 2.75) is 53.4 Å². The van der Waals surface area contributed by atoms with Crippen molar-refractivity contribution < 1.29 is 4.79 Å². The number of fused-ring (bicyclic) bond motifs is 3. The summed E-state index contributed by atoms with van der Waals surface area (Å²) in [5.74, 6) is 2.74. The van der Waals surface area contributed by atoms with Gasteiger partial charge in [0.15, 0.2) is 0 Å². The molecule has 2 saturated carbocycles. The predicted molar refractivity (Wildman–Crippen MR) is 74.1 cm³/mol. The number of rotatable bonds is 0. The lowest BCUT2D eigenvalue weighted by molar-refractivity contribution is -0.138. The molecule has 3 rings (SSSR count). The molecule has 0 aliphatic heterocycles. The van der Waals surface area contributed by atoms with Gasteiger partial charge in [-0.25, -0.2) is 0 Å². The summed E-state index contributed by atoms with van der Waals surface area (Å²) in [5.41, 5.74) is 0.668. The topological polar surface area (TPSA) is 17.1 Å². The van der Waals surface area contributed by atoms with E-state index in [-0.39, 0.29) is 0 Å². The Balaban J connectivity index is 1.95. The highest BCUT2D eigenvalue weighted by atomic mass is 16.1. The number of carbonyl (C=O) groups excluding carboxylic acids is 1. The van der Waals surface area contributed by atoms with Crippen molar-refractivity contribution in [2.75, 3.05) is 0 Å². The summed E-state index contributed by atoms with van der Waals surface area (Å²) in [6, 6.07) is 0. The Labute approximate surface area is 111 Å². The molecule has 0 heterocycles. The zero-order valence-corrected chi connectivity index (χ0v) is 12.2. The zero-order chi connectivity index (χ0) is 13.1. The minimum Gasteiger partial charge on any atom is -0.299 e. The van der Waals surface area contributed by atoms with Crippen molar-refractivity contribution in [3.05, 3.63) is 12.2 Å². The maximum absolute atomic E-state index is 12.4. The summed E-state index contributed by atoms with van der Waals surface area (Å²) in [5, 5.41) is 0. The molecule has 0 aromatic carbocycles. The van der Waals surface area contributed by atoms with Crippen LogP contribution in [0.25, 0.3) is 0 Å². The molecule has 0 N–H and O–H groups in total. The number of hydrogen-bond donors (Lipinski definition) is 0. The van der Waals surface area contributed by atoms with Crippen LogP contribution in [0.2, 0.25) is 0 Å². The molecule has 3 aliphatic rings. The molecule has 18 heavy (non-hydrogen) atoms. The normalized spacial score (nSPS) is 44.6. The van der Waals surface area contributed by atoms with Crippen LogP contribution in [0.3, 0.4) is 0 Å². The van der Waals surface area contributed by atoms with Crippen LogP contribution in [0.1, 0.15) is 53.4 Å². The van der Waals surface area contributed by atoms with Crippen LogP contribution in [0.4, 0.5) is 0 Å². The first-order valence-electron chi connectivity index (χ1n) is 7.55. The van der Waals surface area contributed by atoms with Gasteiger partial charge in [-0.1, -0.05) is 39.8 Å². The molecule has 0 aromatic heterocycles. The average Bonchev–Trinajstić information content (AvgIpc) is 2.60. The highest BCUT2D eigenvalue weighted by Gasteiger charge is 2.54. The quantitative estimate of drug-likeness (QED) is 0.585. The van der Waals surface area contributed by atoms with E-state index in [2.05, 4.69) is 39.8 Å². The second-order valence-corrected chi connectivity index (χ2v) is 8.03. The van der Waals surface area contributed by atoms with E-state index in [0.29, 0.717) is 40.3 Å². The van der Waals surface area contributed by atoms with Gasteiger partial charge in [-0.2, -0.15) is 0 Å². The van der Waals surface area contributed by atoms with Gasteiger partial charge in [-0.05, 0) is 47.8 Å². The molecule has 4 unspecified atom stereocenters. The van der Waals surface area contributed by atoms with Gasteiger partial charge in [0.25, 0.3) is 0 Å². The number of carbonyl (C=O) groups is 1. The molecule has 0 radical (unpaired) electrons. The van der Waals surface area contributed by atoms with Gasteiger partial charge in [0.05, 0.1) is 0 Å². The molecule has 0 aromatic rings. The summed E-state index contributed by atoms with van der Waals surface area (Å²) in [7, 11) is 0. The lowest BCUT2D eigenvalue weighted by atomic mass is 9.52. The lowest BCUT2D eigenvalue weighted by Gasteiger charge is -2.51. The Bertz CT molecular complexity index is 402. The van der Waals surface area contributed by atoms with E-state index in [0.717, 1.165) is 12.8 Å². The van der Waals surface area contributed by atoms with Crippen molar-refractivity contribution in [3.8, 4) is 0 Å². The van der Waals surface area contributed by atoms with Gasteiger partial charge < -0.3 is 0 Å². The second kappa shape index (κ2) is 3.71. The summed E-state index contributed by atoms with van der Waals surface area (Å²) >= 11 is 0. The Morgan fingerprint density at radius 1 is 1.11 bits per heavy atom. The highest BCUT2D eigenvalue weighted by molar-refractivity contribution is 5.83. The highest BCUT2D eigenvalue weighted by Crippen LogP contribution is 2.58. The van der Waals surface area contributed by atoms with Crippen LogP contribution >= 0.6 is 0 Å². The van der Waals surface area contributed by atoms with E-state index in [1.165, 1.54) is 12.8 Å². The van der Waals surface area contributed by atoms with E-state index in [1.807, 2.05) is 0 Å².